The molecule has 0 bridgehead atoms. The molecule has 1 N–H and O–H groups in total. The SMILES string of the molecule is CN1CCC(C2CCN(C(=O)Nc3ncc(C4CCOCC4)s3)C2)CC1. The minimum absolute atomic E-state index is 0.0216. The van der Waals surface area contributed by atoms with Crippen LogP contribution in [0.2, 0.25) is 0 Å². The van der Waals surface area contributed by atoms with Crippen LogP contribution in [0.3, 0.4) is 0 Å². The minimum Gasteiger partial charge on any atom is -0.381 e. The first kappa shape index (κ1) is 18.2. The normalized spacial score (nSPS) is 26.3. The average molecular weight is 379 g/mol. The molecular weight excluding hydrogens is 348 g/mol. The van der Waals surface area contributed by atoms with Gasteiger partial charge in [0, 0.05) is 37.4 Å². The third-order valence-corrected chi connectivity index (χ3v) is 7.38. The van der Waals surface area contributed by atoms with Gasteiger partial charge in [-0.3, -0.25) is 5.32 Å². The standard InChI is InChI=1S/C19H30N4O2S/c1-22-7-2-14(3-8-22)16-4-9-23(13-16)19(24)21-18-20-12-17(26-18)15-5-10-25-11-6-15/h12,14-16H,2-11,13H2,1H3,(H,20,21,24). The van der Waals surface area contributed by atoms with Gasteiger partial charge < -0.3 is 14.5 Å². The Morgan fingerprint density at radius 1 is 1.15 bits per heavy atom. The van der Waals surface area contributed by atoms with E-state index in [1.807, 2.05) is 11.1 Å². The number of nitrogens with zero attached hydrogens (tertiary/aromatic N) is 3. The number of rotatable bonds is 3. The first-order valence-electron chi connectivity index (χ1n) is 9.97. The van der Waals surface area contributed by atoms with Crippen molar-refractivity contribution in [2.45, 2.75) is 38.0 Å². The Hall–Kier alpha value is -1.18. The summed E-state index contributed by atoms with van der Waals surface area (Å²) < 4.78 is 5.43. The van der Waals surface area contributed by atoms with Gasteiger partial charge in [-0.05, 0) is 70.0 Å². The second-order valence-corrected chi connectivity index (χ2v) is 9.08. The van der Waals surface area contributed by atoms with Crippen molar-refractivity contribution in [3.05, 3.63) is 11.1 Å². The quantitative estimate of drug-likeness (QED) is 0.877. The molecule has 144 valence electrons. The van der Waals surface area contributed by atoms with Gasteiger partial charge in [0.25, 0.3) is 0 Å². The topological polar surface area (TPSA) is 57.7 Å². The van der Waals surface area contributed by atoms with E-state index in [2.05, 4.69) is 22.2 Å². The van der Waals surface area contributed by atoms with Gasteiger partial charge in [-0.1, -0.05) is 0 Å². The minimum atomic E-state index is 0.0216. The largest absolute Gasteiger partial charge is 0.381 e. The summed E-state index contributed by atoms with van der Waals surface area (Å²) in [5.74, 6) is 1.99. The summed E-state index contributed by atoms with van der Waals surface area (Å²) >= 11 is 1.62. The Balaban J connectivity index is 1.28. The highest BCUT2D eigenvalue weighted by atomic mass is 32.1. The van der Waals surface area contributed by atoms with Crippen molar-refractivity contribution in [2.75, 3.05) is 51.8 Å². The van der Waals surface area contributed by atoms with Crippen molar-refractivity contribution >= 4 is 22.5 Å². The number of nitrogens with one attached hydrogen (secondary N) is 1. The molecule has 1 aromatic rings. The fourth-order valence-electron chi connectivity index (χ4n) is 4.54. The molecule has 3 aliphatic heterocycles. The number of hydrogen-bond acceptors (Lipinski definition) is 5. The van der Waals surface area contributed by atoms with Crippen LogP contribution < -0.4 is 5.32 Å². The predicted octanol–water partition coefficient (Wildman–Crippen LogP) is 3.23. The zero-order chi connectivity index (χ0) is 17.9. The molecule has 0 saturated carbocycles. The van der Waals surface area contributed by atoms with Gasteiger partial charge >= 0.3 is 6.03 Å². The zero-order valence-electron chi connectivity index (χ0n) is 15.7. The van der Waals surface area contributed by atoms with E-state index < -0.39 is 0 Å². The van der Waals surface area contributed by atoms with Gasteiger partial charge in [-0.2, -0.15) is 0 Å². The summed E-state index contributed by atoms with van der Waals surface area (Å²) in [6.07, 6.45) is 7.74. The van der Waals surface area contributed by atoms with E-state index in [0.29, 0.717) is 11.8 Å². The Labute approximate surface area is 159 Å². The van der Waals surface area contributed by atoms with Crippen LogP contribution >= 0.6 is 11.3 Å². The molecule has 4 rings (SSSR count). The number of urea groups is 1. The Morgan fingerprint density at radius 2 is 1.88 bits per heavy atom. The molecule has 2 amide bonds. The zero-order valence-corrected chi connectivity index (χ0v) is 16.5. The van der Waals surface area contributed by atoms with Crippen molar-refractivity contribution in [3.63, 3.8) is 0 Å². The molecule has 3 saturated heterocycles. The Kier molecular flexibility index (Phi) is 5.76. The lowest BCUT2D eigenvalue weighted by atomic mass is 9.84. The predicted molar refractivity (Wildman–Crippen MR) is 104 cm³/mol. The molecule has 0 radical (unpaired) electrons. The number of ether oxygens (including phenoxy) is 1. The molecule has 0 aromatic carbocycles. The first-order valence-corrected chi connectivity index (χ1v) is 10.8. The molecule has 7 heteroatoms. The van der Waals surface area contributed by atoms with Crippen LogP contribution in [0.5, 0.6) is 0 Å². The molecular formula is C19H30N4O2S. The maximum absolute atomic E-state index is 12.6. The summed E-state index contributed by atoms with van der Waals surface area (Å²) in [5.41, 5.74) is 0. The van der Waals surface area contributed by atoms with Crippen LogP contribution in [0.15, 0.2) is 6.20 Å². The lowest BCUT2D eigenvalue weighted by Crippen LogP contribution is -2.36. The summed E-state index contributed by atoms with van der Waals surface area (Å²) in [6.45, 7) is 5.83. The molecule has 3 fully saturated rings. The molecule has 0 spiro atoms. The number of hydrogen-bond donors (Lipinski definition) is 1. The Morgan fingerprint density at radius 3 is 2.65 bits per heavy atom. The van der Waals surface area contributed by atoms with Crippen molar-refractivity contribution < 1.29 is 9.53 Å². The van der Waals surface area contributed by atoms with Gasteiger partial charge in [0.15, 0.2) is 5.13 Å². The highest BCUT2D eigenvalue weighted by molar-refractivity contribution is 7.15. The van der Waals surface area contributed by atoms with Crippen LogP contribution in [0.4, 0.5) is 9.93 Å². The molecule has 26 heavy (non-hydrogen) atoms. The van der Waals surface area contributed by atoms with Crippen molar-refractivity contribution in [2.24, 2.45) is 11.8 Å². The third-order valence-electron chi connectivity index (χ3n) is 6.30. The van der Waals surface area contributed by atoms with E-state index in [1.54, 1.807) is 11.3 Å². The van der Waals surface area contributed by atoms with Gasteiger partial charge in [-0.15, -0.1) is 11.3 Å². The number of amides is 2. The van der Waals surface area contributed by atoms with Crippen LogP contribution in [-0.4, -0.2) is 67.3 Å². The van der Waals surface area contributed by atoms with E-state index in [1.165, 1.54) is 30.8 Å². The van der Waals surface area contributed by atoms with Gasteiger partial charge in [0.2, 0.25) is 0 Å². The number of thiazole rings is 1. The van der Waals surface area contributed by atoms with Gasteiger partial charge in [-0.25, -0.2) is 9.78 Å². The van der Waals surface area contributed by atoms with Crippen molar-refractivity contribution in [3.8, 4) is 0 Å². The number of likely N-dealkylation sites (tertiary alicyclic amines) is 2. The van der Waals surface area contributed by atoms with Crippen LogP contribution in [-0.2, 0) is 4.74 Å². The molecule has 1 aromatic heterocycles. The number of carbonyl (C=O) groups excluding carboxylic acids is 1. The summed E-state index contributed by atoms with van der Waals surface area (Å²) in [7, 11) is 2.20. The Bertz CT molecular complexity index is 608. The van der Waals surface area contributed by atoms with Crippen LogP contribution in [0.25, 0.3) is 0 Å². The second-order valence-electron chi connectivity index (χ2n) is 8.02. The summed E-state index contributed by atoms with van der Waals surface area (Å²) in [5, 5.41) is 3.76. The number of piperidine rings is 1. The lowest BCUT2D eigenvalue weighted by Gasteiger charge is -2.32. The number of carbonyl (C=O) groups is 1. The van der Waals surface area contributed by atoms with E-state index in [9.17, 15) is 4.79 Å². The fourth-order valence-corrected chi connectivity index (χ4v) is 5.52. The maximum atomic E-state index is 12.6. The monoisotopic (exact) mass is 378 g/mol. The molecule has 3 aliphatic rings. The molecule has 1 atom stereocenters. The molecule has 4 heterocycles. The number of anilines is 1. The first-order chi connectivity index (χ1) is 12.7. The second kappa shape index (κ2) is 8.23. The van der Waals surface area contributed by atoms with Gasteiger partial charge in [0.05, 0.1) is 0 Å². The van der Waals surface area contributed by atoms with E-state index in [-0.39, 0.29) is 6.03 Å². The summed E-state index contributed by atoms with van der Waals surface area (Å²) in [6, 6.07) is 0.0216. The van der Waals surface area contributed by atoms with Gasteiger partial charge in [0.1, 0.15) is 0 Å². The molecule has 1 unspecified atom stereocenters. The van der Waals surface area contributed by atoms with Crippen molar-refractivity contribution in [1.29, 1.82) is 0 Å². The summed E-state index contributed by atoms with van der Waals surface area (Å²) in [4.78, 5) is 22.7. The highest BCUT2D eigenvalue weighted by Crippen LogP contribution is 2.34. The highest BCUT2D eigenvalue weighted by Gasteiger charge is 2.33. The van der Waals surface area contributed by atoms with E-state index >= 15 is 0 Å². The fraction of sp³-hybridized carbons (Fsp3) is 0.789. The van der Waals surface area contributed by atoms with Crippen LogP contribution in [0, 0.1) is 11.8 Å². The van der Waals surface area contributed by atoms with E-state index in [0.717, 1.165) is 56.6 Å². The number of aromatic nitrogens is 1. The molecule has 6 nitrogen and oxygen atoms in total. The molecule has 0 aliphatic carbocycles. The lowest BCUT2D eigenvalue weighted by molar-refractivity contribution is 0.0860. The van der Waals surface area contributed by atoms with E-state index in [4.69, 9.17) is 4.74 Å². The van der Waals surface area contributed by atoms with Crippen LogP contribution in [0.1, 0.15) is 42.9 Å². The smallest absolute Gasteiger partial charge is 0.323 e. The maximum Gasteiger partial charge on any atom is 0.323 e. The average Bonchev–Trinajstić information content (AvgIpc) is 3.33. The third kappa shape index (κ3) is 4.21. The van der Waals surface area contributed by atoms with Crippen molar-refractivity contribution in [1.82, 2.24) is 14.8 Å².